The van der Waals surface area contributed by atoms with Gasteiger partial charge in [0, 0.05) is 24.9 Å². The number of aryl methyl sites for hydroxylation is 2. The van der Waals surface area contributed by atoms with Gasteiger partial charge in [-0.25, -0.2) is 0 Å². The van der Waals surface area contributed by atoms with E-state index in [1.165, 1.54) is 0 Å². The smallest absolute Gasteiger partial charge is 0.220 e. The molecular weight excluding hydrogens is 294 g/mol. The molecule has 0 saturated heterocycles. The van der Waals surface area contributed by atoms with Crippen molar-refractivity contribution in [3.8, 4) is 0 Å². The van der Waals surface area contributed by atoms with Crippen molar-refractivity contribution >= 4 is 5.91 Å². The Morgan fingerprint density at radius 1 is 1.26 bits per heavy atom. The first kappa shape index (κ1) is 17.2. The second-order valence-corrected chi connectivity index (χ2v) is 6.31. The third-order valence-corrected chi connectivity index (χ3v) is 4.03. The lowest BCUT2D eigenvalue weighted by Gasteiger charge is -2.11. The fourth-order valence-corrected chi connectivity index (χ4v) is 2.86. The number of amides is 1. The molecule has 1 atom stereocenters. The van der Waals surface area contributed by atoms with Crippen LogP contribution in [0.5, 0.6) is 0 Å². The van der Waals surface area contributed by atoms with Crippen LogP contribution in [0.4, 0.5) is 0 Å². The Morgan fingerprint density at radius 3 is 2.48 bits per heavy atom. The summed E-state index contributed by atoms with van der Waals surface area (Å²) < 4.78 is 7.10. The number of rotatable bonds is 6. The molecule has 23 heavy (non-hydrogen) atoms. The summed E-state index contributed by atoms with van der Waals surface area (Å²) in [5.41, 5.74) is 1.86. The van der Waals surface area contributed by atoms with Gasteiger partial charge in [-0.1, -0.05) is 25.9 Å². The van der Waals surface area contributed by atoms with Crippen molar-refractivity contribution in [3.63, 3.8) is 0 Å². The topological polar surface area (TPSA) is 85.8 Å². The second kappa shape index (κ2) is 6.93. The molecule has 2 aromatic heterocycles. The first-order valence-electron chi connectivity index (χ1n) is 7.88. The summed E-state index contributed by atoms with van der Waals surface area (Å²) in [4.78, 5) is 12.2. The molecule has 2 rings (SSSR count). The van der Waals surface area contributed by atoms with Crippen LogP contribution in [-0.4, -0.2) is 25.8 Å². The predicted octanol–water partition coefficient (Wildman–Crippen LogP) is 2.35. The highest BCUT2D eigenvalue weighted by molar-refractivity contribution is 5.76. The van der Waals surface area contributed by atoms with E-state index < -0.39 is 0 Å². The summed E-state index contributed by atoms with van der Waals surface area (Å²) in [7, 11) is 1.92. The Bertz CT molecular complexity index is 667. The fourth-order valence-electron chi connectivity index (χ4n) is 2.86. The lowest BCUT2D eigenvalue weighted by Crippen LogP contribution is -2.25. The zero-order valence-electron chi connectivity index (χ0n) is 14.7. The summed E-state index contributed by atoms with van der Waals surface area (Å²) in [6.07, 6.45) is 0.387. The molecule has 0 aliphatic carbocycles. The van der Waals surface area contributed by atoms with Crippen LogP contribution in [0.15, 0.2) is 4.52 Å². The average Bonchev–Trinajstić information content (AvgIpc) is 2.99. The van der Waals surface area contributed by atoms with Crippen molar-refractivity contribution < 1.29 is 9.32 Å². The standard InChI is InChI=1S/C16H25N5O2/c1-9(2)16-19-18-13(21(16)6)8-17-14(22)7-10(3)15-11(4)20-23-12(15)5/h9-10H,7-8H2,1-6H3,(H,17,22). The van der Waals surface area contributed by atoms with Crippen molar-refractivity contribution in [1.29, 1.82) is 0 Å². The van der Waals surface area contributed by atoms with Crippen LogP contribution in [0, 0.1) is 13.8 Å². The molecule has 7 nitrogen and oxygen atoms in total. The van der Waals surface area contributed by atoms with Crippen LogP contribution in [0.2, 0.25) is 0 Å². The number of aromatic nitrogens is 4. The van der Waals surface area contributed by atoms with E-state index in [1.807, 2.05) is 32.4 Å². The van der Waals surface area contributed by atoms with Gasteiger partial charge in [0.1, 0.15) is 11.6 Å². The van der Waals surface area contributed by atoms with E-state index in [0.29, 0.717) is 18.9 Å². The lowest BCUT2D eigenvalue weighted by molar-refractivity contribution is -0.121. The van der Waals surface area contributed by atoms with Gasteiger partial charge in [0.15, 0.2) is 5.82 Å². The highest BCUT2D eigenvalue weighted by Crippen LogP contribution is 2.25. The van der Waals surface area contributed by atoms with Crippen LogP contribution in [0.3, 0.4) is 0 Å². The molecule has 1 amide bonds. The highest BCUT2D eigenvalue weighted by Gasteiger charge is 2.19. The molecule has 0 aliphatic rings. The van der Waals surface area contributed by atoms with Gasteiger partial charge in [-0.3, -0.25) is 4.79 Å². The maximum absolute atomic E-state index is 12.2. The lowest BCUT2D eigenvalue weighted by atomic mass is 9.96. The van der Waals surface area contributed by atoms with Gasteiger partial charge in [0.25, 0.3) is 0 Å². The minimum absolute atomic E-state index is 0.0217. The third-order valence-electron chi connectivity index (χ3n) is 4.03. The summed E-state index contributed by atoms with van der Waals surface area (Å²) in [6.45, 7) is 10.3. The number of nitrogens with zero attached hydrogens (tertiary/aromatic N) is 4. The molecule has 0 saturated carbocycles. The summed E-state index contributed by atoms with van der Waals surface area (Å²) in [5, 5.41) is 15.1. The van der Waals surface area contributed by atoms with Crippen molar-refractivity contribution in [1.82, 2.24) is 25.2 Å². The number of hydrogen-bond donors (Lipinski definition) is 1. The average molecular weight is 319 g/mol. The van der Waals surface area contributed by atoms with Gasteiger partial charge >= 0.3 is 0 Å². The monoisotopic (exact) mass is 319 g/mol. The van der Waals surface area contributed by atoms with Gasteiger partial charge in [0.05, 0.1) is 12.2 Å². The van der Waals surface area contributed by atoms with Crippen molar-refractivity contribution in [2.75, 3.05) is 0 Å². The molecule has 0 spiro atoms. The highest BCUT2D eigenvalue weighted by atomic mass is 16.5. The van der Waals surface area contributed by atoms with Crippen molar-refractivity contribution in [2.24, 2.45) is 7.05 Å². The van der Waals surface area contributed by atoms with E-state index in [0.717, 1.165) is 28.7 Å². The van der Waals surface area contributed by atoms with Gasteiger partial charge in [-0.05, 0) is 19.8 Å². The molecule has 0 aromatic carbocycles. The Hall–Kier alpha value is -2.18. The van der Waals surface area contributed by atoms with E-state index in [-0.39, 0.29) is 11.8 Å². The van der Waals surface area contributed by atoms with E-state index in [9.17, 15) is 4.79 Å². The molecular formula is C16H25N5O2. The van der Waals surface area contributed by atoms with E-state index in [1.54, 1.807) is 0 Å². The number of carbonyl (C=O) groups excluding carboxylic acids is 1. The maximum atomic E-state index is 12.2. The number of hydrogen-bond acceptors (Lipinski definition) is 5. The predicted molar refractivity (Wildman–Crippen MR) is 85.9 cm³/mol. The molecule has 2 aromatic rings. The zero-order chi connectivity index (χ0) is 17.1. The fraction of sp³-hybridized carbons (Fsp3) is 0.625. The van der Waals surface area contributed by atoms with Gasteiger partial charge in [-0.2, -0.15) is 0 Å². The van der Waals surface area contributed by atoms with E-state index >= 15 is 0 Å². The van der Waals surface area contributed by atoms with Crippen molar-refractivity contribution in [2.45, 2.75) is 59.4 Å². The summed E-state index contributed by atoms with van der Waals surface area (Å²) >= 11 is 0. The Balaban J connectivity index is 1.93. The molecule has 126 valence electrons. The molecule has 7 heteroatoms. The minimum Gasteiger partial charge on any atom is -0.361 e. The van der Waals surface area contributed by atoms with E-state index in [2.05, 4.69) is 34.5 Å². The molecule has 2 heterocycles. The van der Waals surface area contributed by atoms with Crippen LogP contribution in [-0.2, 0) is 18.4 Å². The molecule has 0 aliphatic heterocycles. The minimum atomic E-state index is -0.0217. The maximum Gasteiger partial charge on any atom is 0.220 e. The Morgan fingerprint density at radius 2 is 1.96 bits per heavy atom. The molecule has 0 radical (unpaired) electrons. The molecule has 1 N–H and O–H groups in total. The Labute approximate surface area is 136 Å². The zero-order valence-corrected chi connectivity index (χ0v) is 14.7. The number of nitrogens with one attached hydrogen (secondary N) is 1. The third kappa shape index (κ3) is 3.78. The molecule has 0 fully saturated rings. The normalized spacial score (nSPS) is 12.7. The number of carbonyl (C=O) groups is 1. The summed E-state index contributed by atoms with van der Waals surface area (Å²) in [5.74, 6) is 2.79. The second-order valence-electron chi connectivity index (χ2n) is 6.31. The van der Waals surface area contributed by atoms with E-state index in [4.69, 9.17) is 4.52 Å². The van der Waals surface area contributed by atoms with Crippen molar-refractivity contribution in [3.05, 3.63) is 28.7 Å². The van der Waals surface area contributed by atoms with Crippen LogP contribution in [0.1, 0.15) is 67.7 Å². The first-order valence-corrected chi connectivity index (χ1v) is 7.88. The first-order chi connectivity index (χ1) is 10.8. The van der Waals surface area contributed by atoms with Gasteiger partial charge in [0.2, 0.25) is 5.91 Å². The summed E-state index contributed by atoms with van der Waals surface area (Å²) in [6, 6.07) is 0. The molecule has 0 bridgehead atoms. The Kier molecular flexibility index (Phi) is 5.18. The van der Waals surface area contributed by atoms with Gasteiger partial charge in [-0.15, -0.1) is 10.2 Å². The molecule has 1 unspecified atom stereocenters. The van der Waals surface area contributed by atoms with Crippen LogP contribution in [0.25, 0.3) is 0 Å². The SMILES string of the molecule is Cc1noc(C)c1C(C)CC(=O)NCc1nnc(C(C)C)n1C. The quantitative estimate of drug-likeness (QED) is 0.883. The van der Waals surface area contributed by atoms with Gasteiger partial charge < -0.3 is 14.4 Å². The largest absolute Gasteiger partial charge is 0.361 e. The van der Waals surface area contributed by atoms with Crippen LogP contribution >= 0.6 is 0 Å². The van der Waals surface area contributed by atoms with Crippen LogP contribution < -0.4 is 5.32 Å².